The Kier molecular flexibility index (Phi) is 5.81. The van der Waals surface area contributed by atoms with Crippen molar-refractivity contribution in [2.24, 2.45) is 0 Å². The number of fused-ring (bicyclic) bond motifs is 1. The molecule has 0 aliphatic carbocycles. The van der Waals surface area contributed by atoms with Gasteiger partial charge in [-0.05, 0) is 31.0 Å². The number of rotatable bonds is 7. The van der Waals surface area contributed by atoms with Crippen LogP contribution in [-0.2, 0) is 11.3 Å². The van der Waals surface area contributed by atoms with E-state index in [1.165, 1.54) is 6.07 Å². The van der Waals surface area contributed by atoms with Gasteiger partial charge in [-0.25, -0.2) is 0 Å². The second kappa shape index (κ2) is 8.45. The topological polar surface area (TPSA) is 68.5 Å². The normalized spacial score (nSPS) is 10.8. The van der Waals surface area contributed by atoms with Crippen LogP contribution >= 0.6 is 0 Å². The Morgan fingerprint density at radius 3 is 2.73 bits per heavy atom. The van der Waals surface area contributed by atoms with Gasteiger partial charge < -0.3 is 14.5 Å². The minimum absolute atomic E-state index is 0.0246. The molecule has 0 saturated heterocycles. The Morgan fingerprint density at radius 2 is 1.92 bits per heavy atom. The van der Waals surface area contributed by atoms with Gasteiger partial charge in [-0.2, -0.15) is 0 Å². The van der Waals surface area contributed by atoms with Gasteiger partial charge in [-0.1, -0.05) is 42.0 Å². The van der Waals surface area contributed by atoms with Gasteiger partial charge in [0.1, 0.15) is 5.58 Å². The predicted octanol–water partition coefficient (Wildman–Crippen LogP) is 3.44. The van der Waals surface area contributed by atoms with E-state index in [9.17, 15) is 9.59 Å². The van der Waals surface area contributed by atoms with Crippen molar-refractivity contribution in [3.63, 3.8) is 0 Å². The fourth-order valence-electron chi connectivity index (χ4n) is 2.61. The quantitative estimate of drug-likeness (QED) is 0.662. The van der Waals surface area contributed by atoms with Crippen LogP contribution in [0.25, 0.3) is 11.0 Å². The van der Waals surface area contributed by atoms with Crippen molar-refractivity contribution < 1.29 is 13.9 Å². The summed E-state index contributed by atoms with van der Waals surface area (Å²) in [6.07, 6.45) is 0.676. The van der Waals surface area contributed by atoms with E-state index in [1.807, 2.05) is 43.3 Å². The Labute approximate surface area is 151 Å². The van der Waals surface area contributed by atoms with E-state index in [1.54, 1.807) is 12.1 Å². The summed E-state index contributed by atoms with van der Waals surface area (Å²) in [6, 6.07) is 16.5. The minimum Gasteiger partial charge on any atom is -0.451 e. The molecule has 3 rings (SSSR count). The monoisotopic (exact) mass is 351 g/mol. The summed E-state index contributed by atoms with van der Waals surface area (Å²) in [5, 5.41) is 3.23. The first kappa shape index (κ1) is 17.9. The number of hydrogen-bond donors (Lipinski definition) is 1. The van der Waals surface area contributed by atoms with Crippen molar-refractivity contribution in [1.29, 1.82) is 0 Å². The number of aryl methyl sites for hydroxylation is 1. The van der Waals surface area contributed by atoms with E-state index in [4.69, 9.17) is 9.15 Å². The molecule has 1 heterocycles. The highest BCUT2D eigenvalue weighted by atomic mass is 16.5. The number of benzene rings is 2. The highest BCUT2D eigenvalue weighted by Crippen LogP contribution is 2.14. The van der Waals surface area contributed by atoms with E-state index in [0.29, 0.717) is 37.1 Å². The lowest BCUT2D eigenvalue weighted by molar-refractivity contribution is 0.0908. The van der Waals surface area contributed by atoms with Crippen molar-refractivity contribution in [2.75, 3.05) is 13.2 Å². The second-order valence-corrected chi connectivity index (χ2v) is 6.12. The molecule has 0 spiro atoms. The maximum atomic E-state index is 12.2. The van der Waals surface area contributed by atoms with Crippen LogP contribution in [0.15, 0.2) is 63.8 Å². The molecule has 1 aromatic heterocycles. The minimum atomic E-state index is -0.396. The lowest BCUT2D eigenvalue weighted by atomic mass is 10.1. The number of nitrogens with one attached hydrogen (secondary N) is 1. The number of carbonyl (C=O) groups is 1. The molecule has 5 nitrogen and oxygen atoms in total. The summed E-state index contributed by atoms with van der Waals surface area (Å²) in [7, 11) is 0. The maximum Gasteiger partial charge on any atom is 0.287 e. The van der Waals surface area contributed by atoms with Gasteiger partial charge in [-0.15, -0.1) is 0 Å². The van der Waals surface area contributed by atoms with Crippen LogP contribution in [0.3, 0.4) is 0 Å². The molecule has 0 saturated carbocycles. The van der Waals surface area contributed by atoms with Crippen molar-refractivity contribution in [3.8, 4) is 0 Å². The third kappa shape index (κ3) is 4.58. The average Bonchev–Trinajstić information content (AvgIpc) is 2.65. The third-order valence-corrected chi connectivity index (χ3v) is 3.97. The van der Waals surface area contributed by atoms with E-state index < -0.39 is 5.91 Å². The largest absolute Gasteiger partial charge is 0.451 e. The molecule has 26 heavy (non-hydrogen) atoms. The molecule has 1 N–H and O–H groups in total. The molecule has 2 aromatic carbocycles. The van der Waals surface area contributed by atoms with E-state index in [-0.39, 0.29) is 11.2 Å². The lowest BCUT2D eigenvalue weighted by Crippen LogP contribution is -2.26. The summed E-state index contributed by atoms with van der Waals surface area (Å²) in [5.74, 6) is -0.371. The summed E-state index contributed by atoms with van der Waals surface area (Å²) in [5.41, 5.74) is 2.29. The molecule has 0 bridgehead atoms. The van der Waals surface area contributed by atoms with Gasteiger partial charge >= 0.3 is 0 Å². The van der Waals surface area contributed by atoms with Gasteiger partial charge in [-0.3, -0.25) is 9.59 Å². The first-order valence-corrected chi connectivity index (χ1v) is 8.58. The number of carbonyl (C=O) groups excluding carboxylic acids is 1. The van der Waals surface area contributed by atoms with E-state index in [0.717, 1.165) is 11.1 Å². The molecule has 0 radical (unpaired) electrons. The van der Waals surface area contributed by atoms with Crippen LogP contribution in [0.1, 0.15) is 28.1 Å². The molecule has 0 atom stereocenters. The molecule has 0 aliphatic heterocycles. The molecule has 3 aromatic rings. The number of ether oxygens (including phenoxy) is 1. The van der Waals surface area contributed by atoms with Crippen LogP contribution in [0.5, 0.6) is 0 Å². The van der Waals surface area contributed by atoms with E-state index in [2.05, 4.69) is 5.32 Å². The average molecular weight is 351 g/mol. The fraction of sp³-hybridized carbons (Fsp3) is 0.238. The highest BCUT2D eigenvalue weighted by Gasteiger charge is 2.11. The molecule has 5 heteroatoms. The van der Waals surface area contributed by atoms with Gasteiger partial charge in [0.2, 0.25) is 0 Å². The molecular formula is C21H21NO4. The Morgan fingerprint density at radius 1 is 1.12 bits per heavy atom. The molecule has 0 aliphatic rings. The van der Waals surface area contributed by atoms with Crippen LogP contribution in [0, 0.1) is 6.92 Å². The second-order valence-electron chi connectivity index (χ2n) is 6.12. The van der Waals surface area contributed by atoms with Gasteiger partial charge in [0.15, 0.2) is 11.2 Å². The molecule has 1 amide bonds. The summed E-state index contributed by atoms with van der Waals surface area (Å²) >= 11 is 0. The van der Waals surface area contributed by atoms with Crippen LogP contribution in [0.4, 0.5) is 0 Å². The van der Waals surface area contributed by atoms with Crippen LogP contribution in [0.2, 0.25) is 0 Å². The van der Waals surface area contributed by atoms with Gasteiger partial charge in [0.25, 0.3) is 5.91 Å². The predicted molar refractivity (Wildman–Crippen MR) is 100 cm³/mol. The Bertz CT molecular complexity index is 947. The maximum absolute atomic E-state index is 12.2. The summed E-state index contributed by atoms with van der Waals surface area (Å²) in [4.78, 5) is 24.3. The molecular weight excluding hydrogens is 330 g/mol. The van der Waals surface area contributed by atoms with Gasteiger partial charge in [0, 0.05) is 19.2 Å². The zero-order valence-electron chi connectivity index (χ0n) is 14.7. The molecule has 0 unspecified atom stereocenters. The standard InChI is InChI=1S/C21H21NO4/c1-15-8-9-19-17(12-15)18(23)13-20(26-19)21(24)22-10-5-11-25-14-16-6-3-2-4-7-16/h2-4,6-9,12-13H,5,10-11,14H2,1H3,(H,22,24). The van der Waals surface area contributed by atoms with Crippen molar-refractivity contribution in [2.45, 2.75) is 20.0 Å². The summed E-state index contributed by atoms with van der Waals surface area (Å²) < 4.78 is 11.1. The van der Waals surface area contributed by atoms with E-state index >= 15 is 0 Å². The highest BCUT2D eigenvalue weighted by molar-refractivity contribution is 5.93. The van der Waals surface area contributed by atoms with Crippen molar-refractivity contribution in [1.82, 2.24) is 5.32 Å². The first-order valence-electron chi connectivity index (χ1n) is 8.58. The summed E-state index contributed by atoms with van der Waals surface area (Å²) in [6.45, 7) is 3.44. The smallest absolute Gasteiger partial charge is 0.287 e. The van der Waals surface area contributed by atoms with Crippen molar-refractivity contribution in [3.05, 3.63) is 81.7 Å². The zero-order chi connectivity index (χ0) is 18.4. The Hall–Kier alpha value is -2.92. The van der Waals surface area contributed by atoms with Gasteiger partial charge in [0.05, 0.1) is 12.0 Å². The lowest BCUT2D eigenvalue weighted by Gasteiger charge is -2.07. The Balaban J connectivity index is 1.48. The number of hydrogen-bond acceptors (Lipinski definition) is 4. The number of amides is 1. The SMILES string of the molecule is Cc1ccc2oc(C(=O)NCCCOCc3ccccc3)cc(=O)c2c1. The molecule has 0 fully saturated rings. The fourth-order valence-corrected chi connectivity index (χ4v) is 2.61. The first-order chi connectivity index (χ1) is 12.6. The third-order valence-electron chi connectivity index (χ3n) is 3.97. The van der Waals surface area contributed by atoms with Crippen LogP contribution in [-0.4, -0.2) is 19.1 Å². The van der Waals surface area contributed by atoms with Crippen LogP contribution < -0.4 is 10.7 Å². The van der Waals surface area contributed by atoms with Crippen molar-refractivity contribution >= 4 is 16.9 Å². The molecule has 134 valence electrons. The zero-order valence-corrected chi connectivity index (χ0v) is 14.7.